The van der Waals surface area contributed by atoms with Crippen molar-refractivity contribution in [3.63, 3.8) is 0 Å². The van der Waals surface area contributed by atoms with Gasteiger partial charge in [-0.15, -0.1) is 0 Å². The maximum Gasteiger partial charge on any atom is 0.319 e. The number of nitrogens with two attached hydrogens (primary N) is 1. The summed E-state index contributed by atoms with van der Waals surface area (Å²) in [6.45, 7) is 1.93. The number of hydrogen-bond acceptors (Lipinski definition) is 9. The minimum Gasteiger partial charge on any atom is -0.462 e. The Kier molecular flexibility index (Phi) is 6.22. The Balaban J connectivity index is 1.47. The number of ether oxygens (including phenoxy) is 1. The summed E-state index contributed by atoms with van der Waals surface area (Å²) < 4.78 is 50.5. The SMILES string of the molecule is CN1CC(F)CC1COc1nc(NC2CNC2)c2cc(Cl)c(-c3ccc(F)c4sc(N)nc34)c(F)c2n1. The van der Waals surface area contributed by atoms with Gasteiger partial charge >= 0.3 is 6.01 Å². The fourth-order valence-electron chi connectivity index (χ4n) is 4.75. The number of likely N-dealkylation sites (N-methyl/N-ethyl adjacent to an activating group) is 1. The van der Waals surface area contributed by atoms with Crippen LogP contribution in [0.4, 0.5) is 24.1 Å². The van der Waals surface area contributed by atoms with Crippen molar-refractivity contribution < 1.29 is 17.9 Å². The lowest BCUT2D eigenvalue weighted by molar-refractivity contribution is 0.188. The normalized spacial score (nSPS) is 20.6. The molecule has 2 unspecified atom stereocenters. The van der Waals surface area contributed by atoms with Crippen LogP contribution in [0.3, 0.4) is 0 Å². The van der Waals surface area contributed by atoms with E-state index < -0.39 is 17.8 Å². The molecule has 4 aromatic rings. The van der Waals surface area contributed by atoms with E-state index in [-0.39, 0.29) is 56.2 Å². The van der Waals surface area contributed by atoms with Gasteiger partial charge in [0.05, 0.1) is 21.3 Å². The average Bonchev–Trinajstić information content (AvgIpc) is 3.38. The maximum absolute atomic E-state index is 16.2. The zero-order chi connectivity index (χ0) is 25.8. The third-order valence-corrected chi connectivity index (χ3v) is 8.00. The van der Waals surface area contributed by atoms with Crippen LogP contribution in [0.25, 0.3) is 32.2 Å². The van der Waals surface area contributed by atoms with E-state index in [1.54, 1.807) is 6.07 Å². The second-order valence-electron chi connectivity index (χ2n) is 9.36. The Bertz CT molecular complexity index is 1520. The van der Waals surface area contributed by atoms with Gasteiger partial charge in [-0.25, -0.2) is 18.2 Å². The summed E-state index contributed by atoms with van der Waals surface area (Å²) >= 11 is 7.58. The van der Waals surface area contributed by atoms with Crippen molar-refractivity contribution in [2.75, 3.05) is 44.3 Å². The molecular formula is C24H23ClF3N7OS. The van der Waals surface area contributed by atoms with E-state index in [9.17, 15) is 8.78 Å². The Labute approximate surface area is 219 Å². The van der Waals surface area contributed by atoms with Gasteiger partial charge in [-0.3, -0.25) is 4.90 Å². The first kappa shape index (κ1) is 24.4. The summed E-state index contributed by atoms with van der Waals surface area (Å²) in [4.78, 5) is 15.0. The monoisotopic (exact) mass is 549 g/mol. The van der Waals surface area contributed by atoms with Crippen molar-refractivity contribution in [1.82, 2.24) is 25.2 Å². The Hall–Kier alpha value is -2.93. The van der Waals surface area contributed by atoms with Gasteiger partial charge in [0.1, 0.15) is 29.9 Å². The molecule has 0 spiro atoms. The van der Waals surface area contributed by atoms with Crippen LogP contribution < -0.4 is 21.1 Å². The van der Waals surface area contributed by atoms with Crippen LogP contribution in [-0.2, 0) is 0 Å². The standard InChI is InChI=1S/C24H23ClF3N7OS/c1-35-8-10(26)4-12(35)9-36-24-33-19-14(22(34-24)31-11-6-30-7-11)5-15(25)17(18(19)28)13-2-3-16(27)21-20(13)32-23(29)37-21/h2-3,5,10-12,30H,4,6-9H2,1H3,(H2,29,32)(H,31,33,34). The highest BCUT2D eigenvalue weighted by Gasteiger charge is 2.30. The molecule has 6 rings (SSSR count). The Morgan fingerprint density at radius 1 is 1.24 bits per heavy atom. The van der Waals surface area contributed by atoms with E-state index in [0.29, 0.717) is 29.7 Å². The van der Waals surface area contributed by atoms with Gasteiger partial charge in [0.2, 0.25) is 0 Å². The Morgan fingerprint density at radius 2 is 2.05 bits per heavy atom. The average molecular weight is 550 g/mol. The first-order valence-corrected chi connectivity index (χ1v) is 13.0. The number of anilines is 2. The predicted molar refractivity (Wildman–Crippen MR) is 139 cm³/mol. The summed E-state index contributed by atoms with van der Waals surface area (Å²) in [5.41, 5.74) is 6.36. The van der Waals surface area contributed by atoms with Crippen LogP contribution in [0.15, 0.2) is 18.2 Å². The van der Waals surface area contributed by atoms with Crippen molar-refractivity contribution in [2.24, 2.45) is 0 Å². The number of aromatic nitrogens is 3. The molecule has 0 amide bonds. The summed E-state index contributed by atoms with van der Waals surface area (Å²) in [6, 6.07) is 4.15. The smallest absolute Gasteiger partial charge is 0.319 e. The van der Waals surface area contributed by atoms with Gasteiger partial charge in [0.25, 0.3) is 0 Å². The van der Waals surface area contributed by atoms with Crippen LogP contribution in [0.1, 0.15) is 6.42 Å². The molecule has 2 aromatic heterocycles. The van der Waals surface area contributed by atoms with Crippen molar-refractivity contribution >= 4 is 55.0 Å². The number of nitrogens with zero attached hydrogens (tertiary/aromatic N) is 4. The van der Waals surface area contributed by atoms with Crippen LogP contribution in [-0.4, -0.2) is 71.4 Å². The lowest BCUT2D eigenvalue weighted by Gasteiger charge is -2.29. The number of alkyl halides is 1. The predicted octanol–water partition coefficient (Wildman–Crippen LogP) is 4.23. The molecule has 0 saturated carbocycles. The van der Waals surface area contributed by atoms with Gasteiger partial charge in [-0.05, 0) is 31.7 Å². The van der Waals surface area contributed by atoms with E-state index >= 15 is 4.39 Å². The quantitative estimate of drug-likeness (QED) is 0.329. The molecule has 2 saturated heterocycles. The molecule has 2 aromatic carbocycles. The topological polar surface area (TPSA) is 101 Å². The van der Waals surface area contributed by atoms with Crippen molar-refractivity contribution in [3.05, 3.63) is 34.9 Å². The number of halogens is 4. The minimum absolute atomic E-state index is 0.0111. The van der Waals surface area contributed by atoms with Crippen LogP contribution in [0, 0.1) is 11.6 Å². The fourth-order valence-corrected chi connectivity index (χ4v) is 5.81. The zero-order valence-corrected chi connectivity index (χ0v) is 21.3. The number of likely N-dealkylation sites (tertiary alicyclic amines) is 1. The molecule has 8 nitrogen and oxygen atoms in total. The molecule has 13 heteroatoms. The number of benzene rings is 2. The zero-order valence-electron chi connectivity index (χ0n) is 19.7. The Morgan fingerprint density at radius 3 is 2.76 bits per heavy atom. The molecule has 4 heterocycles. The second kappa shape index (κ2) is 9.43. The van der Waals surface area contributed by atoms with Crippen molar-refractivity contribution in [3.8, 4) is 17.1 Å². The fraction of sp³-hybridized carbons (Fsp3) is 0.375. The number of rotatable bonds is 6. The number of nitrogens with one attached hydrogen (secondary N) is 2. The van der Waals surface area contributed by atoms with Crippen LogP contribution >= 0.6 is 22.9 Å². The number of thiazole rings is 1. The summed E-state index contributed by atoms with van der Waals surface area (Å²) in [6.07, 6.45) is -0.581. The molecule has 194 valence electrons. The lowest BCUT2D eigenvalue weighted by Crippen LogP contribution is -2.51. The van der Waals surface area contributed by atoms with Crippen molar-refractivity contribution in [1.29, 1.82) is 0 Å². The first-order chi connectivity index (χ1) is 17.8. The summed E-state index contributed by atoms with van der Waals surface area (Å²) in [5, 5.41) is 7.09. The first-order valence-electron chi connectivity index (χ1n) is 11.8. The molecule has 2 aliphatic rings. The van der Waals surface area contributed by atoms with E-state index in [2.05, 4.69) is 25.6 Å². The highest BCUT2D eigenvalue weighted by atomic mass is 35.5. The van der Waals surface area contributed by atoms with Gasteiger partial charge in [0.15, 0.2) is 10.9 Å². The lowest BCUT2D eigenvalue weighted by atomic mass is 10.0. The van der Waals surface area contributed by atoms with Gasteiger partial charge in [-0.1, -0.05) is 22.9 Å². The number of hydrogen-bond donors (Lipinski definition) is 3. The van der Waals surface area contributed by atoms with Crippen LogP contribution in [0.5, 0.6) is 6.01 Å². The third-order valence-electron chi connectivity index (χ3n) is 6.81. The third kappa shape index (κ3) is 4.41. The highest BCUT2D eigenvalue weighted by Crippen LogP contribution is 2.42. The molecule has 2 fully saturated rings. The number of nitrogen functional groups attached to an aromatic ring is 1. The van der Waals surface area contributed by atoms with Gasteiger partial charge in [-0.2, -0.15) is 9.97 Å². The molecule has 2 atom stereocenters. The van der Waals surface area contributed by atoms with Gasteiger partial charge in [0, 0.05) is 42.2 Å². The summed E-state index contributed by atoms with van der Waals surface area (Å²) in [7, 11) is 1.83. The summed E-state index contributed by atoms with van der Waals surface area (Å²) in [5.74, 6) is -0.841. The maximum atomic E-state index is 16.2. The second-order valence-corrected chi connectivity index (χ2v) is 10.8. The largest absolute Gasteiger partial charge is 0.462 e. The van der Waals surface area contributed by atoms with Gasteiger partial charge < -0.3 is 21.1 Å². The van der Waals surface area contributed by atoms with Crippen molar-refractivity contribution in [2.45, 2.75) is 24.7 Å². The molecule has 2 aliphatic heterocycles. The molecule has 4 N–H and O–H groups in total. The van der Waals surface area contributed by atoms with E-state index in [1.165, 1.54) is 12.1 Å². The molecule has 0 aliphatic carbocycles. The molecule has 37 heavy (non-hydrogen) atoms. The van der Waals surface area contributed by atoms with E-state index in [4.69, 9.17) is 22.1 Å². The minimum atomic E-state index is -0.922. The molecular weight excluding hydrogens is 527 g/mol. The highest BCUT2D eigenvalue weighted by molar-refractivity contribution is 7.22. The molecule has 0 bridgehead atoms. The van der Waals surface area contributed by atoms with E-state index in [1.807, 2.05) is 11.9 Å². The number of fused-ring (bicyclic) bond motifs is 2. The molecule has 0 radical (unpaired) electrons. The van der Waals surface area contributed by atoms with Crippen LogP contribution in [0.2, 0.25) is 5.02 Å². The van der Waals surface area contributed by atoms with E-state index in [0.717, 1.165) is 24.4 Å².